The number of hydrogen-bond donors (Lipinski definition) is 0. The Balaban J connectivity index is 0. The summed E-state index contributed by atoms with van der Waals surface area (Å²) in [5.74, 6) is -0.310. The Labute approximate surface area is 66.4 Å². The number of ketones is 1. The summed E-state index contributed by atoms with van der Waals surface area (Å²) in [7, 11) is 0. The van der Waals surface area contributed by atoms with Crippen molar-refractivity contribution in [2.24, 2.45) is 0 Å². The maximum absolute atomic E-state index is 9.75. The molecule has 0 unspecified atom stereocenters. The van der Waals surface area contributed by atoms with Gasteiger partial charge in [0.25, 0.3) is 0 Å². The molecule has 0 fully saturated rings. The Morgan fingerprint density at radius 3 is 1.64 bits per heavy atom. The van der Waals surface area contributed by atoms with Crippen LogP contribution in [0.5, 0.6) is 0 Å². The van der Waals surface area contributed by atoms with Crippen molar-refractivity contribution in [3.8, 4) is 0 Å². The molecule has 0 bridgehead atoms. The summed E-state index contributed by atoms with van der Waals surface area (Å²) in [4.78, 5) is 19.4. The molecule has 3 heteroatoms. The minimum Gasteiger partial charge on any atom is -0.435 e. The molecule has 0 radical (unpaired) electrons. The molecular weight excluding hydrogens is 144 g/mol. The molecule has 0 spiro atoms. The molecule has 3 nitrogen and oxygen atoms in total. The van der Waals surface area contributed by atoms with E-state index in [9.17, 15) is 9.59 Å². The van der Waals surface area contributed by atoms with Gasteiger partial charge in [0, 0.05) is 6.92 Å². The van der Waals surface area contributed by atoms with Gasteiger partial charge in [-0.15, -0.1) is 0 Å². The molecule has 0 heterocycles. The summed E-state index contributed by atoms with van der Waals surface area (Å²) in [6.07, 6.45) is 2.38. The van der Waals surface area contributed by atoms with E-state index in [0.29, 0.717) is 0 Å². The van der Waals surface area contributed by atoms with Crippen LogP contribution in [-0.4, -0.2) is 11.8 Å². The van der Waals surface area contributed by atoms with Gasteiger partial charge in [0.1, 0.15) is 0 Å². The molecule has 0 saturated carbocycles. The zero-order valence-corrected chi connectivity index (χ0v) is 6.79. The first-order valence-electron chi connectivity index (χ1n) is 2.95. The lowest BCUT2D eigenvalue weighted by molar-refractivity contribution is -0.135. The van der Waals surface area contributed by atoms with Crippen LogP contribution in [0, 0.1) is 0 Å². The summed E-state index contributed by atoms with van der Waals surface area (Å²) in [5, 5.41) is 0. The van der Waals surface area contributed by atoms with E-state index < -0.39 is 0 Å². The van der Waals surface area contributed by atoms with Gasteiger partial charge in [-0.25, -0.2) is 0 Å². The zero-order valence-electron chi connectivity index (χ0n) is 6.79. The van der Waals surface area contributed by atoms with Gasteiger partial charge in [0.05, 0.1) is 6.26 Å². The molecule has 0 aromatic carbocycles. The van der Waals surface area contributed by atoms with Crippen molar-refractivity contribution in [3.63, 3.8) is 0 Å². The summed E-state index contributed by atoms with van der Waals surface area (Å²) < 4.78 is 4.17. The second-order valence-corrected chi connectivity index (χ2v) is 1.59. The molecule has 0 aromatic heterocycles. The van der Waals surface area contributed by atoms with Crippen LogP contribution in [0.2, 0.25) is 0 Å². The van der Waals surface area contributed by atoms with Crippen molar-refractivity contribution >= 4 is 11.8 Å². The second kappa shape index (κ2) is 8.62. The van der Waals surface area contributed by atoms with Gasteiger partial charge in [0.15, 0.2) is 5.78 Å². The van der Waals surface area contributed by atoms with E-state index in [1.165, 1.54) is 19.9 Å². The number of carbonyl (C=O) groups excluding carboxylic acids is 2. The molecule has 0 atom stereocenters. The van der Waals surface area contributed by atoms with Crippen LogP contribution in [0.4, 0.5) is 0 Å². The minimum absolute atomic E-state index is 0.0185. The lowest BCUT2D eigenvalue weighted by atomic mass is 10.5. The molecule has 0 aliphatic rings. The minimum atomic E-state index is -0.329. The summed E-state index contributed by atoms with van der Waals surface area (Å²) in [6, 6.07) is 0. The molecule has 62 valence electrons. The van der Waals surface area contributed by atoms with Crippen molar-refractivity contribution in [2.75, 3.05) is 0 Å². The fourth-order valence-electron chi connectivity index (χ4n) is 0.117. The van der Waals surface area contributed by atoms with Gasteiger partial charge < -0.3 is 4.74 Å². The number of ether oxygens (including phenoxy) is 1. The van der Waals surface area contributed by atoms with Crippen LogP contribution in [0.15, 0.2) is 25.5 Å². The largest absolute Gasteiger partial charge is 0.435 e. The Hall–Kier alpha value is -1.38. The number of allylic oxidation sites excluding steroid dienone is 1. The van der Waals surface area contributed by atoms with E-state index in [-0.39, 0.29) is 11.8 Å². The number of rotatable bonds is 2. The fraction of sp³-hybridized carbons (Fsp3) is 0.250. The van der Waals surface area contributed by atoms with Crippen LogP contribution < -0.4 is 0 Å². The van der Waals surface area contributed by atoms with Gasteiger partial charge in [-0.1, -0.05) is 13.2 Å². The highest BCUT2D eigenvalue weighted by molar-refractivity contribution is 5.86. The molecule has 0 rings (SSSR count). The second-order valence-electron chi connectivity index (χ2n) is 1.59. The van der Waals surface area contributed by atoms with Crippen LogP contribution >= 0.6 is 0 Å². The lowest BCUT2D eigenvalue weighted by Crippen LogP contribution is -1.87. The number of esters is 1. The van der Waals surface area contributed by atoms with Crippen molar-refractivity contribution in [3.05, 3.63) is 25.5 Å². The Morgan fingerprint density at radius 2 is 1.64 bits per heavy atom. The first-order valence-corrected chi connectivity index (χ1v) is 2.95. The Kier molecular flexibility index (Phi) is 9.65. The van der Waals surface area contributed by atoms with E-state index >= 15 is 0 Å². The molecule has 0 N–H and O–H groups in total. The quantitative estimate of drug-likeness (QED) is 0.345. The van der Waals surface area contributed by atoms with E-state index in [2.05, 4.69) is 17.9 Å². The zero-order chi connectivity index (χ0) is 9.28. The van der Waals surface area contributed by atoms with Crippen LogP contribution in [-0.2, 0) is 14.3 Å². The normalized spacial score (nSPS) is 6.73. The van der Waals surface area contributed by atoms with Crippen molar-refractivity contribution in [1.82, 2.24) is 0 Å². The third kappa shape index (κ3) is 28.8. The van der Waals surface area contributed by atoms with E-state index in [4.69, 9.17) is 0 Å². The highest BCUT2D eigenvalue weighted by atomic mass is 16.5. The molecule has 0 amide bonds. The predicted molar refractivity (Wildman–Crippen MR) is 42.8 cm³/mol. The molecule has 0 aliphatic carbocycles. The summed E-state index contributed by atoms with van der Waals surface area (Å²) in [5.41, 5.74) is 0. The Morgan fingerprint density at radius 1 is 1.27 bits per heavy atom. The molecular formula is C8H12O3. The highest BCUT2D eigenvalue weighted by Crippen LogP contribution is 1.70. The average molecular weight is 156 g/mol. The van der Waals surface area contributed by atoms with E-state index in [0.717, 1.165) is 6.26 Å². The average Bonchev–Trinajstić information content (AvgIpc) is 1.89. The van der Waals surface area contributed by atoms with Crippen LogP contribution in [0.1, 0.15) is 13.8 Å². The predicted octanol–water partition coefficient (Wildman–Crippen LogP) is 1.45. The summed E-state index contributed by atoms with van der Waals surface area (Å²) in [6.45, 7) is 9.15. The first kappa shape index (κ1) is 12.3. The van der Waals surface area contributed by atoms with Gasteiger partial charge in [0.2, 0.25) is 0 Å². The van der Waals surface area contributed by atoms with Crippen LogP contribution in [0.3, 0.4) is 0 Å². The van der Waals surface area contributed by atoms with Gasteiger partial charge in [-0.3, -0.25) is 9.59 Å². The van der Waals surface area contributed by atoms with E-state index in [1.807, 2.05) is 0 Å². The standard InChI is InChI=1S/C4H6O2.C4H6O/c1-3-6-4(2)5;1-3-4(2)5/h3H,1H2,2H3;3H,1H2,2H3. The van der Waals surface area contributed by atoms with Crippen molar-refractivity contribution < 1.29 is 14.3 Å². The topological polar surface area (TPSA) is 43.4 Å². The van der Waals surface area contributed by atoms with Gasteiger partial charge >= 0.3 is 5.97 Å². The number of carbonyl (C=O) groups is 2. The maximum Gasteiger partial charge on any atom is 0.307 e. The molecule has 11 heavy (non-hydrogen) atoms. The SMILES string of the molecule is C=CC(C)=O.C=COC(C)=O. The third-order valence-electron chi connectivity index (χ3n) is 0.537. The number of hydrogen-bond acceptors (Lipinski definition) is 3. The van der Waals surface area contributed by atoms with Crippen LogP contribution in [0.25, 0.3) is 0 Å². The fourth-order valence-corrected chi connectivity index (χ4v) is 0.117. The van der Waals surface area contributed by atoms with Crippen molar-refractivity contribution in [1.29, 1.82) is 0 Å². The monoisotopic (exact) mass is 156 g/mol. The lowest BCUT2D eigenvalue weighted by Gasteiger charge is -1.83. The highest BCUT2D eigenvalue weighted by Gasteiger charge is 1.79. The van der Waals surface area contributed by atoms with Crippen molar-refractivity contribution in [2.45, 2.75) is 13.8 Å². The smallest absolute Gasteiger partial charge is 0.307 e. The first-order chi connectivity index (χ1) is 5.04. The van der Waals surface area contributed by atoms with Gasteiger partial charge in [-0.2, -0.15) is 0 Å². The molecule has 0 aliphatic heterocycles. The van der Waals surface area contributed by atoms with E-state index in [1.54, 1.807) is 0 Å². The third-order valence-corrected chi connectivity index (χ3v) is 0.537. The molecule has 0 aromatic rings. The van der Waals surface area contributed by atoms with Gasteiger partial charge in [-0.05, 0) is 13.0 Å². The molecule has 0 saturated heterocycles. The Bertz CT molecular complexity index is 159. The maximum atomic E-state index is 9.75. The summed E-state index contributed by atoms with van der Waals surface area (Å²) >= 11 is 0.